The Kier molecular flexibility index (Phi) is 4.77. The summed E-state index contributed by atoms with van der Waals surface area (Å²) in [6.45, 7) is 1.86. The second-order valence-corrected chi connectivity index (χ2v) is 9.25. The Morgan fingerprint density at radius 2 is 1.90 bits per heavy atom. The van der Waals surface area contributed by atoms with E-state index < -0.39 is 0 Å². The highest BCUT2D eigenvalue weighted by Gasteiger charge is 2.24. The minimum Gasteiger partial charge on any atom is -0.324 e. The van der Waals surface area contributed by atoms with Gasteiger partial charge in [-0.3, -0.25) is 14.9 Å². The van der Waals surface area contributed by atoms with Gasteiger partial charge in [0.2, 0.25) is 5.91 Å². The third kappa shape index (κ3) is 3.58. The third-order valence-corrected chi connectivity index (χ3v) is 6.88. The number of thiazole rings is 1. The molecule has 3 aromatic carbocycles. The summed E-state index contributed by atoms with van der Waals surface area (Å²) in [5, 5.41) is 10.4. The Bertz CT molecular complexity index is 1300. The molecular weight excluding hydrogens is 414 g/mol. The number of hydrogen-bond donors (Lipinski definition) is 2. The van der Waals surface area contributed by atoms with Gasteiger partial charge < -0.3 is 5.32 Å². The minimum atomic E-state index is -0.255. The lowest BCUT2D eigenvalue weighted by atomic mass is 10.1. The summed E-state index contributed by atoms with van der Waals surface area (Å²) in [7, 11) is 0. The maximum absolute atomic E-state index is 12.7. The van der Waals surface area contributed by atoms with Gasteiger partial charge in [-0.25, -0.2) is 4.98 Å². The molecule has 0 aliphatic carbocycles. The average molecular weight is 432 g/mol. The van der Waals surface area contributed by atoms with E-state index in [2.05, 4.69) is 39.9 Å². The molecule has 5 rings (SSSR count). The first kappa shape index (κ1) is 18.8. The molecule has 0 saturated heterocycles. The summed E-state index contributed by atoms with van der Waals surface area (Å²) in [6, 6.07) is 19.7. The molecule has 4 aromatic rings. The van der Waals surface area contributed by atoms with E-state index in [-0.39, 0.29) is 17.1 Å². The Morgan fingerprint density at radius 1 is 1.07 bits per heavy atom. The van der Waals surface area contributed by atoms with E-state index in [0.29, 0.717) is 16.4 Å². The molecule has 1 unspecified atom stereocenters. The van der Waals surface area contributed by atoms with E-state index in [1.165, 1.54) is 28.5 Å². The zero-order valence-electron chi connectivity index (χ0n) is 16.0. The minimum absolute atomic E-state index is 0.0509. The maximum atomic E-state index is 12.7. The number of hydrogen-bond acceptors (Lipinski definition) is 5. The molecule has 2 amide bonds. The fraction of sp³-hybridized carbons (Fsp3) is 0.0870. The van der Waals surface area contributed by atoms with Crippen molar-refractivity contribution in [1.82, 2.24) is 4.98 Å². The highest BCUT2D eigenvalue weighted by atomic mass is 32.2. The van der Waals surface area contributed by atoms with Crippen LogP contribution < -0.4 is 10.6 Å². The predicted octanol–water partition coefficient (Wildman–Crippen LogP) is 5.65. The van der Waals surface area contributed by atoms with Crippen LogP contribution in [0.25, 0.3) is 22.0 Å². The number of nitrogens with zero attached hydrogens (tertiary/aromatic N) is 1. The normalized spacial score (nSPS) is 15.5. The number of amides is 2. The lowest BCUT2D eigenvalue weighted by Gasteiger charge is -2.21. The van der Waals surface area contributed by atoms with E-state index in [0.717, 1.165) is 21.5 Å². The van der Waals surface area contributed by atoms with Gasteiger partial charge in [-0.15, -0.1) is 23.1 Å². The summed E-state index contributed by atoms with van der Waals surface area (Å²) in [6.07, 6.45) is 0. The monoisotopic (exact) mass is 431 g/mol. The Hall–Kier alpha value is -3.16. The number of aromatic nitrogens is 1. The number of carbonyl (C=O) groups is 2. The lowest BCUT2D eigenvalue weighted by molar-refractivity contribution is -0.115. The number of thioether (sulfide) groups is 1. The molecule has 148 valence electrons. The second-order valence-electron chi connectivity index (χ2n) is 7.01. The molecular formula is C23H17N3O2S2. The Morgan fingerprint density at radius 3 is 2.77 bits per heavy atom. The maximum Gasteiger partial charge on any atom is 0.257 e. The molecule has 1 aliphatic rings. The Balaban J connectivity index is 1.35. The van der Waals surface area contributed by atoms with Gasteiger partial charge in [-0.05, 0) is 42.0 Å². The van der Waals surface area contributed by atoms with Crippen molar-refractivity contribution in [2.45, 2.75) is 17.1 Å². The van der Waals surface area contributed by atoms with Crippen LogP contribution in [0.1, 0.15) is 17.3 Å². The topological polar surface area (TPSA) is 71.1 Å². The highest BCUT2D eigenvalue weighted by Crippen LogP contribution is 2.36. The third-order valence-electron chi connectivity index (χ3n) is 4.94. The van der Waals surface area contributed by atoms with Crippen LogP contribution in [-0.2, 0) is 4.79 Å². The fourth-order valence-corrected chi connectivity index (χ4v) is 4.98. The van der Waals surface area contributed by atoms with E-state index in [1.54, 1.807) is 12.1 Å². The number of carbonyl (C=O) groups excluding carboxylic acids is 2. The molecule has 0 saturated carbocycles. The average Bonchev–Trinajstić information content (AvgIpc) is 3.22. The molecule has 0 bridgehead atoms. The van der Waals surface area contributed by atoms with Crippen LogP contribution in [0.3, 0.4) is 0 Å². The number of rotatable bonds is 3. The van der Waals surface area contributed by atoms with Gasteiger partial charge in [-0.1, -0.05) is 36.4 Å². The van der Waals surface area contributed by atoms with Crippen molar-refractivity contribution in [2.24, 2.45) is 0 Å². The van der Waals surface area contributed by atoms with Gasteiger partial charge in [0, 0.05) is 21.4 Å². The molecule has 7 heteroatoms. The first-order valence-corrected chi connectivity index (χ1v) is 11.2. The van der Waals surface area contributed by atoms with Crippen LogP contribution in [0.4, 0.5) is 10.8 Å². The standard InChI is InChI=1S/C23H17N3O2S2/c1-13-21(27)24-18-11-17(8-9-20(18)30-13)22(28)26-23-25-19(12-29-23)16-7-6-14-4-2-3-5-15(14)10-16/h2-13H,1H3,(H,24,27)(H,25,26,28). The van der Waals surface area contributed by atoms with Crippen molar-refractivity contribution >= 4 is 56.5 Å². The summed E-state index contributed by atoms with van der Waals surface area (Å²) < 4.78 is 0. The zero-order chi connectivity index (χ0) is 20.7. The highest BCUT2D eigenvalue weighted by molar-refractivity contribution is 8.00. The number of fused-ring (bicyclic) bond motifs is 2. The molecule has 2 N–H and O–H groups in total. The Labute approximate surface area is 181 Å². The van der Waals surface area contributed by atoms with Crippen LogP contribution in [0.5, 0.6) is 0 Å². The van der Waals surface area contributed by atoms with Crippen molar-refractivity contribution in [3.8, 4) is 11.3 Å². The number of nitrogens with one attached hydrogen (secondary N) is 2. The molecule has 0 spiro atoms. The molecule has 5 nitrogen and oxygen atoms in total. The molecule has 0 fully saturated rings. The van der Waals surface area contributed by atoms with E-state index in [4.69, 9.17) is 0 Å². The van der Waals surface area contributed by atoms with Crippen LogP contribution in [0.2, 0.25) is 0 Å². The molecule has 0 radical (unpaired) electrons. The van der Waals surface area contributed by atoms with Gasteiger partial charge >= 0.3 is 0 Å². The largest absolute Gasteiger partial charge is 0.324 e. The van der Waals surface area contributed by atoms with Crippen LogP contribution in [0.15, 0.2) is 70.9 Å². The molecule has 30 heavy (non-hydrogen) atoms. The van der Waals surface area contributed by atoms with E-state index in [9.17, 15) is 9.59 Å². The van der Waals surface area contributed by atoms with Crippen molar-refractivity contribution < 1.29 is 9.59 Å². The quantitative estimate of drug-likeness (QED) is 0.440. The number of benzene rings is 3. The molecule has 1 atom stereocenters. The second kappa shape index (κ2) is 7.59. The van der Waals surface area contributed by atoms with Gasteiger partial charge in [-0.2, -0.15) is 0 Å². The van der Waals surface area contributed by atoms with Gasteiger partial charge in [0.1, 0.15) is 0 Å². The number of anilines is 2. The fourth-order valence-electron chi connectivity index (χ4n) is 3.33. The van der Waals surface area contributed by atoms with E-state index in [1.807, 2.05) is 36.6 Å². The lowest BCUT2D eigenvalue weighted by Crippen LogP contribution is -2.26. The van der Waals surface area contributed by atoms with Crippen molar-refractivity contribution in [1.29, 1.82) is 0 Å². The van der Waals surface area contributed by atoms with Gasteiger partial charge in [0.25, 0.3) is 5.91 Å². The molecule has 1 aromatic heterocycles. The van der Waals surface area contributed by atoms with Crippen LogP contribution in [0, 0.1) is 0 Å². The SMILES string of the molecule is CC1Sc2ccc(C(=O)Nc3nc(-c4ccc5ccccc5c4)cs3)cc2NC1=O. The molecule has 2 heterocycles. The summed E-state index contributed by atoms with van der Waals surface area (Å²) in [5.74, 6) is -0.305. The summed E-state index contributed by atoms with van der Waals surface area (Å²) in [5.41, 5.74) is 2.98. The van der Waals surface area contributed by atoms with Crippen molar-refractivity contribution in [2.75, 3.05) is 10.6 Å². The first-order chi connectivity index (χ1) is 14.6. The predicted molar refractivity (Wildman–Crippen MR) is 123 cm³/mol. The zero-order valence-corrected chi connectivity index (χ0v) is 17.6. The smallest absolute Gasteiger partial charge is 0.257 e. The van der Waals surface area contributed by atoms with Gasteiger partial charge in [0.15, 0.2) is 5.13 Å². The summed E-state index contributed by atoms with van der Waals surface area (Å²) >= 11 is 2.88. The summed E-state index contributed by atoms with van der Waals surface area (Å²) in [4.78, 5) is 30.1. The van der Waals surface area contributed by atoms with Crippen molar-refractivity contribution in [3.63, 3.8) is 0 Å². The van der Waals surface area contributed by atoms with Crippen LogP contribution >= 0.6 is 23.1 Å². The van der Waals surface area contributed by atoms with E-state index >= 15 is 0 Å². The molecule has 1 aliphatic heterocycles. The van der Waals surface area contributed by atoms with Crippen molar-refractivity contribution in [3.05, 3.63) is 71.6 Å². The van der Waals surface area contributed by atoms with Gasteiger partial charge in [0.05, 0.1) is 16.6 Å². The van der Waals surface area contributed by atoms with Crippen LogP contribution in [-0.4, -0.2) is 22.0 Å². The first-order valence-electron chi connectivity index (χ1n) is 9.44.